The largest absolute Gasteiger partial charge is 0.301 e. The fourth-order valence-corrected chi connectivity index (χ4v) is 5.18. The van der Waals surface area contributed by atoms with E-state index in [1.165, 1.54) is 71.8 Å². The third-order valence-corrected chi connectivity index (χ3v) is 6.82. The molecule has 3 heterocycles. The summed E-state index contributed by atoms with van der Waals surface area (Å²) in [4.78, 5) is 5.13. The first-order valence-electron chi connectivity index (χ1n) is 9.90. The summed E-state index contributed by atoms with van der Waals surface area (Å²) in [5.74, 6) is 0. The van der Waals surface area contributed by atoms with Crippen LogP contribution in [0.2, 0.25) is 0 Å². The van der Waals surface area contributed by atoms with Crippen molar-refractivity contribution in [3.63, 3.8) is 0 Å². The molecule has 4 nitrogen and oxygen atoms in total. The van der Waals surface area contributed by atoms with Crippen molar-refractivity contribution in [3.05, 3.63) is 51.2 Å². The second kappa shape index (κ2) is 6.89. The van der Waals surface area contributed by atoms with Crippen LogP contribution in [0.4, 0.5) is 0 Å². The number of H-pyrrole nitrogens is 1. The number of rotatable bonds is 4. The van der Waals surface area contributed by atoms with E-state index < -0.39 is 0 Å². The normalized spacial score (nSPS) is 17.3. The Kier molecular flexibility index (Phi) is 4.38. The molecule has 5 heteroatoms. The highest BCUT2D eigenvalue weighted by atomic mass is 32.1. The van der Waals surface area contributed by atoms with Crippen LogP contribution in [-0.4, -0.2) is 52.7 Å². The van der Waals surface area contributed by atoms with Crippen LogP contribution in [-0.2, 0) is 13.0 Å². The van der Waals surface area contributed by atoms with Gasteiger partial charge >= 0.3 is 0 Å². The summed E-state index contributed by atoms with van der Waals surface area (Å²) in [5.41, 5.74) is 10.6. The first-order valence-corrected chi connectivity index (χ1v) is 10.8. The number of aromatic nitrogens is 2. The SMILES string of the molecule is CCN1CCN(Cc2cc(C)c3c(c2)-c2[nH]nc(-c4ccsc4)c2C3)CC1. The van der Waals surface area contributed by atoms with Gasteiger partial charge in [-0.15, -0.1) is 0 Å². The zero-order valence-electron chi connectivity index (χ0n) is 16.1. The number of aryl methyl sites for hydroxylation is 1. The second-order valence-corrected chi connectivity index (χ2v) is 8.54. The maximum absolute atomic E-state index is 4.64. The van der Waals surface area contributed by atoms with E-state index in [-0.39, 0.29) is 0 Å². The van der Waals surface area contributed by atoms with Gasteiger partial charge in [0.05, 0.1) is 11.4 Å². The Morgan fingerprint density at radius 2 is 1.93 bits per heavy atom. The number of hydrogen-bond donors (Lipinski definition) is 1. The van der Waals surface area contributed by atoms with Gasteiger partial charge in [-0.3, -0.25) is 10.00 Å². The number of hydrogen-bond acceptors (Lipinski definition) is 4. The number of likely N-dealkylation sites (N-methyl/N-ethyl adjacent to an activating group) is 1. The van der Waals surface area contributed by atoms with Crippen molar-refractivity contribution in [2.24, 2.45) is 0 Å². The summed E-state index contributed by atoms with van der Waals surface area (Å²) in [6.45, 7) is 11.5. The minimum Gasteiger partial charge on any atom is -0.301 e. The number of nitrogens with zero attached hydrogens (tertiary/aromatic N) is 3. The Bertz CT molecular complexity index is 949. The molecule has 140 valence electrons. The molecule has 0 amide bonds. The van der Waals surface area contributed by atoms with E-state index in [1.807, 2.05) is 0 Å². The van der Waals surface area contributed by atoms with Crippen molar-refractivity contribution in [2.45, 2.75) is 26.8 Å². The highest BCUT2D eigenvalue weighted by molar-refractivity contribution is 7.08. The molecule has 2 aromatic heterocycles. The Balaban J connectivity index is 1.42. The van der Waals surface area contributed by atoms with Gasteiger partial charge in [-0.1, -0.05) is 13.0 Å². The van der Waals surface area contributed by atoms with Crippen LogP contribution >= 0.6 is 11.3 Å². The van der Waals surface area contributed by atoms with Crippen LogP contribution in [0.3, 0.4) is 0 Å². The lowest BCUT2D eigenvalue weighted by Gasteiger charge is -2.34. The molecule has 5 rings (SSSR count). The molecule has 0 unspecified atom stereocenters. The molecule has 1 saturated heterocycles. The quantitative estimate of drug-likeness (QED) is 0.579. The van der Waals surface area contributed by atoms with Crippen LogP contribution in [0.25, 0.3) is 22.5 Å². The van der Waals surface area contributed by atoms with E-state index in [2.05, 4.69) is 62.8 Å². The average molecular weight is 379 g/mol. The van der Waals surface area contributed by atoms with Gasteiger partial charge in [0, 0.05) is 61.2 Å². The average Bonchev–Trinajstić information content (AvgIpc) is 3.39. The number of fused-ring (bicyclic) bond motifs is 3. The van der Waals surface area contributed by atoms with Crippen molar-refractivity contribution in [3.8, 4) is 22.5 Å². The van der Waals surface area contributed by atoms with Crippen LogP contribution < -0.4 is 0 Å². The predicted molar refractivity (Wildman–Crippen MR) is 112 cm³/mol. The van der Waals surface area contributed by atoms with Crippen LogP contribution in [0.15, 0.2) is 29.0 Å². The molecule has 0 saturated carbocycles. The van der Waals surface area contributed by atoms with Gasteiger partial charge in [-0.2, -0.15) is 16.4 Å². The van der Waals surface area contributed by atoms with Crippen molar-refractivity contribution in [2.75, 3.05) is 32.7 Å². The Morgan fingerprint density at radius 1 is 1.11 bits per heavy atom. The zero-order valence-corrected chi connectivity index (χ0v) is 16.9. The molecule has 1 N–H and O–H groups in total. The summed E-state index contributed by atoms with van der Waals surface area (Å²) in [5, 5.41) is 12.3. The maximum atomic E-state index is 4.64. The summed E-state index contributed by atoms with van der Waals surface area (Å²) in [7, 11) is 0. The van der Waals surface area contributed by atoms with Crippen molar-refractivity contribution >= 4 is 11.3 Å². The van der Waals surface area contributed by atoms with Gasteiger partial charge in [0.2, 0.25) is 0 Å². The third-order valence-electron chi connectivity index (χ3n) is 6.14. The van der Waals surface area contributed by atoms with Gasteiger partial charge in [0.15, 0.2) is 0 Å². The van der Waals surface area contributed by atoms with Crippen molar-refractivity contribution in [1.29, 1.82) is 0 Å². The van der Waals surface area contributed by atoms with E-state index in [1.54, 1.807) is 11.3 Å². The van der Waals surface area contributed by atoms with E-state index in [0.29, 0.717) is 0 Å². The summed E-state index contributed by atoms with van der Waals surface area (Å²) >= 11 is 1.73. The number of nitrogens with one attached hydrogen (secondary N) is 1. The number of aromatic amines is 1. The minimum atomic E-state index is 0.994. The first kappa shape index (κ1) is 17.2. The summed E-state index contributed by atoms with van der Waals surface area (Å²) in [6, 6.07) is 6.96. The molecule has 0 bridgehead atoms. The van der Waals surface area contributed by atoms with Crippen molar-refractivity contribution in [1.82, 2.24) is 20.0 Å². The molecule has 1 fully saturated rings. The topological polar surface area (TPSA) is 35.2 Å². The molecule has 1 aliphatic carbocycles. The highest BCUT2D eigenvalue weighted by Crippen LogP contribution is 2.42. The van der Waals surface area contributed by atoms with Gasteiger partial charge in [-0.05, 0) is 47.7 Å². The van der Waals surface area contributed by atoms with Gasteiger partial charge in [0.1, 0.15) is 0 Å². The molecule has 2 aliphatic rings. The number of benzene rings is 1. The van der Waals surface area contributed by atoms with E-state index >= 15 is 0 Å². The van der Waals surface area contributed by atoms with Gasteiger partial charge in [0.25, 0.3) is 0 Å². The lowest BCUT2D eigenvalue weighted by atomic mass is 9.99. The number of thiophene rings is 1. The maximum Gasteiger partial charge on any atom is 0.0970 e. The number of piperazine rings is 1. The Labute approximate surface area is 164 Å². The fraction of sp³-hybridized carbons (Fsp3) is 0.409. The lowest BCUT2D eigenvalue weighted by Crippen LogP contribution is -2.45. The highest BCUT2D eigenvalue weighted by Gasteiger charge is 2.27. The van der Waals surface area contributed by atoms with Crippen LogP contribution in [0.1, 0.15) is 29.2 Å². The summed E-state index contributed by atoms with van der Waals surface area (Å²) in [6.07, 6.45) is 0.994. The van der Waals surface area contributed by atoms with E-state index in [0.717, 1.165) is 18.7 Å². The molecular weight excluding hydrogens is 352 g/mol. The second-order valence-electron chi connectivity index (χ2n) is 7.76. The van der Waals surface area contributed by atoms with Crippen LogP contribution in [0, 0.1) is 6.92 Å². The van der Waals surface area contributed by atoms with E-state index in [9.17, 15) is 0 Å². The van der Waals surface area contributed by atoms with Gasteiger partial charge in [-0.25, -0.2) is 0 Å². The predicted octanol–water partition coefficient (Wildman–Crippen LogP) is 4.16. The molecule has 1 aromatic carbocycles. The van der Waals surface area contributed by atoms with Crippen molar-refractivity contribution < 1.29 is 0 Å². The Hall–Kier alpha value is -1.95. The smallest absolute Gasteiger partial charge is 0.0970 e. The molecule has 0 atom stereocenters. The molecular formula is C22H26N4S. The molecule has 3 aromatic rings. The first-order chi connectivity index (χ1) is 13.2. The minimum absolute atomic E-state index is 0.994. The third kappa shape index (κ3) is 3.04. The van der Waals surface area contributed by atoms with E-state index in [4.69, 9.17) is 0 Å². The zero-order chi connectivity index (χ0) is 18.4. The molecule has 0 radical (unpaired) electrons. The monoisotopic (exact) mass is 378 g/mol. The molecule has 27 heavy (non-hydrogen) atoms. The molecule has 1 aliphatic heterocycles. The molecule has 0 spiro atoms. The van der Waals surface area contributed by atoms with Gasteiger partial charge < -0.3 is 4.90 Å². The standard InChI is InChI=1S/C22H26N4S/c1-3-25-5-7-26(8-6-25)13-16-10-15(2)18-12-20-21(17-4-9-27-14-17)23-24-22(20)19(18)11-16/h4,9-11,14H,3,5-8,12-13H2,1-2H3,(H,23,24). The Morgan fingerprint density at radius 3 is 2.67 bits per heavy atom. The lowest BCUT2D eigenvalue weighted by molar-refractivity contribution is 0.132. The van der Waals surface area contributed by atoms with Crippen LogP contribution in [0.5, 0.6) is 0 Å². The fourth-order valence-electron chi connectivity index (χ4n) is 4.54. The summed E-state index contributed by atoms with van der Waals surface area (Å²) < 4.78 is 0.